The van der Waals surface area contributed by atoms with E-state index in [2.05, 4.69) is 34.5 Å². The molecule has 0 spiro atoms. The third kappa shape index (κ3) is 3.20. The van der Waals surface area contributed by atoms with E-state index in [0.717, 1.165) is 48.7 Å². The van der Waals surface area contributed by atoms with Crippen molar-refractivity contribution >= 4 is 11.0 Å². The van der Waals surface area contributed by atoms with Gasteiger partial charge in [-0.3, -0.25) is 0 Å². The summed E-state index contributed by atoms with van der Waals surface area (Å²) in [5.41, 5.74) is 0.905. The van der Waals surface area contributed by atoms with Crippen LogP contribution < -0.4 is 5.32 Å². The molecule has 1 aromatic carbocycles. The molecule has 0 saturated carbocycles. The van der Waals surface area contributed by atoms with Crippen LogP contribution in [0.2, 0.25) is 0 Å². The van der Waals surface area contributed by atoms with Gasteiger partial charge in [-0.15, -0.1) is 0 Å². The molecule has 2 aromatic heterocycles. The highest BCUT2D eigenvalue weighted by molar-refractivity contribution is 5.77. The van der Waals surface area contributed by atoms with E-state index in [0.29, 0.717) is 18.3 Å². The standard InChI is InChI=1S/C18H21N3O3/c1-12(16-10-14-4-2-3-5-15(14)23-16)19-11-17-20-18(24-21-17)13-6-8-22-9-7-13/h2-5,10,12-13,19H,6-9,11H2,1H3/t12-/m1/s1. The quantitative estimate of drug-likeness (QED) is 0.772. The molecule has 0 aliphatic carbocycles. The van der Waals surface area contributed by atoms with E-state index >= 15 is 0 Å². The van der Waals surface area contributed by atoms with Crippen LogP contribution in [-0.4, -0.2) is 23.4 Å². The lowest BCUT2D eigenvalue weighted by molar-refractivity contribution is 0.0778. The maximum absolute atomic E-state index is 5.88. The zero-order valence-electron chi connectivity index (χ0n) is 13.7. The summed E-state index contributed by atoms with van der Waals surface area (Å²) in [6.07, 6.45) is 1.90. The van der Waals surface area contributed by atoms with Gasteiger partial charge in [0, 0.05) is 24.5 Å². The van der Waals surface area contributed by atoms with Crippen LogP contribution in [0.1, 0.15) is 49.2 Å². The fourth-order valence-corrected chi connectivity index (χ4v) is 3.01. The van der Waals surface area contributed by atoms with Gasteiger partial charge in [-0.25, -0.2) is 0 Å². The summed E-state index contributed by atoms with van der Waals surface area (Å²) in [4.78, 5) is 4.52. The lowest BCUT2D eigenvalue weighted by Crippen LogP contribution is -2.18. The van der Waals surface area contributed by atoms with Crippen molar-refractivity contribution in [2.45, 2.75) is 38.3 Å². The molecule has 1 saturated heterocycles. The zero-order valence-corrected chi connectivity index (χ0v) is 13.7. The molecule has 3 aromatic rings. The Kier molecular flexibility index (Phi) is 4.32. The number of rotatable bonds is 5. The fraction of sp³-hybridized carbons (Fsp3) is 0.444. The molecule has 126 valence electrons. The van der Waals surface area contributed by atoms with Crippen molar-refractivity contribution in [2.24, 2.45) is 0 Å². The highest BCUT2D eigenvalue weighted by Crippen LogP contribution is 2.26. The van der Waals surface area contributed by atoms with Gasteiger partial charge in [0.15, 0.2) is 5.82 Å². The maximum Gasteiger partial charge on any atom is 0.229 e. The molecule has 3 heterocycles. The number of aromatic nitrogens is 2. The van der Waals surface area contributed by atoms with Gasteiger partial charge in [0.1, 0.15) is 11.3 Å². The van der Waals surface area contributed by atoms with Crippen molar-refractivity contribution in [1.29, 1.82) is 0 Å². The highest BCUT2D eigenvalue weighted by Gasteiger charge is 2.22. The van der Waals surface area contributed by atoms with Gasteiger partial charge in [-0.05, 0) is 31.9 Å². The van der Waals surface area contributed by atoms with Gasteiger partial charge < -0.3 is 19.0 Å². The number of para-hydroxylation sites is 1. The Hall–Kier alpha value is -2.18. The number of nitrogens with zero attached hydrogens (tertiary/aromatic N) is 2. The molecule has 6 nitrogen and oxygen atoms in total. The molecule has 24 heavy (non-hydrogen) atoms. The van der Waals surface area contributed by atoms with Crippen molar-refractivity contribution < 1.29 is 13.7 Å². The summed E-state index contributed by atoms with van der Waals surface area (Å²) >= 11 is 0. The Bertz CT molecular complexity index is 772. The molecule has 6 heteroatoms. The van der Waals surface area contributed by atoms with E-state index < -0.39 is 0 Å². The van der Waals surface area contributed by atoms with Gasteiger partial charge >= 0.3 is 0 Å². The minimum Gasteiger partial charge on any atom is -0.459 e. The van der Waals surface area contributed by atoms with Crippen molar-refractivity contribution in [1.82, 2.24) is 15.5 Å². The minimum atomic E-state index is 0.0717. The van der Waals surface area contributed by atoms with Crippen LogP contribution in [0, 0.1) is 0 Å². The average Bonchev–Trinajstić information content (AvgIpc) is 3.27. The highest BCUT2D eigenvalue weighted by atomic mass is 16.5. The smallest absolute Gasteiger partial charge is 0.229 e. The molecular formula is C18H21N3O3. The number of hydrogen-bond donors (Lipinski definition) is 1. The first kappa shape index (κ1) is 15.4. The summed E-state index contributed by atoms with van der Waals surface area (Å²) in [5, 5.41) is 8.58. The molecule has 4 rings (SSSR count). The predicted molar refractivity (Wildman–Crippen MR) is 88.6 cm³/mol. The number of ether oxygens (including phenoxy) is 1. The van der Waals surface area contributed by atoms with Gasteiger partial charge in [0.2, 0.25) is 5.89 Å². The molecule has 1 aliphatic rings. The van der Waals surface area contributed by atoms with Crippen LogP contribution in [0.4, 0.5) is 0 Å². The second-order valence-corrected chi connectivity index (χ2v) is 6.22. The summed E-state index contributed by atoms with van der Waals surface area (Å²) in [7, 11) is 0. The van der Waals surface area contributed by atoms with Crippen molar-refractivity contribution in [3.05, 3.63) is 47.8 Å². The molecule has 1 aliphatic heterocycles. The second-order valence-electron chi connectivity index (χ2n) is 6.22. The fourth-order valence-electron chi connectivity index (χ4n) is 3.01. The third-order valence-electron chi connectivity index (χ3n) is 4.49. The monoisotopic (exact) mass is 327 g/mol. The minimum absolute atomic E-state index is 0.0717. The first-order valence-electron chi connectivity index (χ1n) is 8.41. The van der Waals surface area contributed by atoms with Gasteiger partial charge in [-0.2, -0.15) is 4.98 Å². The number of furan rings is 1. The largest absolute Gasteiger partial charge is 0.459 e. The lowest BCUT2D eigenvalue weighted by atomic mass is 10.0. The van der Waals surface area contributed by atoms with Gasteiger partial charge in [0.05, 0.1) is 12.6 Å². The van der Waals surface area contributed by atoms with Crippen LogP contribution in [-0.2, 0) is 11.3 Å². The molecule has 0 unspecified atom stereocenters. The van der Waals surface area contributed by atoms with Crippen LogP contribution >= 0.6 is 0 Å². The van der Waals surface area contributed by atoms with E-state index in [-0.39, 0.29) is 6.04 Å². The summed E-state index contributed by atoms with van der Waals surface area (Å²) in [6.45, 7) is 4.15. The van der Waals surface area contributed by atoms with E-state index in [1.165, 1.54) is 0 Å². The number of nitrogens with one attached hydrogen (secondary N) is 1. The van der Waals surface area contributed by atoms with E-state index in [9.17, 15) is 0 Å². The molecular weight excluding hydrogens is 306 g/mol. The summed E-state index contributed by atoms with van der Waals surface area (Å²) in [5.74, 6) is 2.64. The van der Waals surface area contributed by atoms with Crippen molar-refractivity contribution in [2.75, 3.05) is 13.2 Å². The normalized spacial score (nSPS) is 17.4. The Morgan fingerprint density at radius 1 is 1.25 bits per heavy atom. The third-order valence-corrected chi connectivity index (χ3v) is 4.49. The Balaban J connectivity index is 1.38. The lowest BCUT2D eigenvalue weighted by Gasteiger charge is -2.17. The average molecular weight is 327 g/mol. The predicted octanol–water partition coefficient (Wildman–Crippen LogP) is 3.56. The van der Waals surface area contributed by atoms with Gasteiger partial charge in [0.25, 0.3) is 0 Å². The van der Waals surface area contributed by atoms with Crippen molar-refractivity contribution in [3.8, 4) is 0 Å². The maximum atomic E-state index is 5.88. The molecule has 1 atom stereocenters. The van der Waals surface area contributed by atoms with E-state index in [1.54, 1.807) is 0 Å². The summed E-state index contributed by atoms with van der Waals surface area (Å²) in [6, 6.07) is 10.2. The van der Waals surface area contributed by atoms with Crippen LogP contribution in [0.5, 0.6) is 0 Å². The number of benzene rings is 1. The van der Waals surface area contributed by atoms with E-state index in [1.807, 2.05) is 18.2 Å². The molecule has 1 fully saturated rings. The zero-order chi connectivity index (χ0) is 16.4. The Morgan fingerprint density at radius 2 is 2.08 bits per heavy atom. The molecule has 0 radical (unpaired) electrons. The van der Waals surface area contributed by atoms with Crippen molar-refractivity contribution in [3.63, 3.8) is 0 Å². The van der Waals surface area contributed by atoms with E-state index in [4.69, 9.17) is 13.7 Å². The number of fused-ring (bicyclic) bond motifs is 1. The van der Waals surface area contributed by atoms with Crippen LogP contribution in [0.3, 0.4) is 0 Å². The summed E-state index contributed by atoms with van der Waals surface area (Å²) < 4.78 is 16.7. The number of hydrogen-bond acceptors (Lipinski definition) is 6. The molecule has 0 amide bonds. The molecule has 0 bridgehead atoms. The van der Waals surface area contributed by atoms with Crippen LogP contribution in [0.15, 0.2) is 39.3 Å². The van der Waals surface area contributed by atoms with Crippen LogP contribution in [0.25, 0.3) is 11.0 Å². The second kappa shape index (κ2) is 6.75. The first-order valence-corrected chi connectivity index (χ1v) is 8.41. The Labute approximate surface area is 140 Å². The molecule has 1 N–H and O–H groups in total. The van der Waals surface area contributed by atoms with Gasteiger partial charge in [-0.1, -0.05) is 23.4 Å². The SMILES string of the molecule is C[C@@H](NCc1noc(C2CCOCC2)n1)c1cc2ccccc2o1. The topological polar surface area (TPSA) is 73.3 Å². The first-order chi connectivity index (χ1) is 11.8. The Morgan fingerprint density at radius 3 is 2.92 bits per heavy atom.